The quantitative estimate of drug-likeness (QED) is 0.0302. The van der Waals surface area contributed by atoms with E-state index in [1.54, 1.807) is 51.1 Å². The van der Waals surface area contributed by atoms with Crippen LogP contribution in [0.5, 0.6) is 5.75 Å². The lowest BCUT2D eigenvalue weighted by Gasteiger charge is -2.33. The highest BCUT2D eigenvalue weighted by molar-refractivity contribution is 7.81. The van der Waals surface area contributed by atoms with E-state index in [1.807, 2.05) is 0 Å². The first-order chi connectivity index (χ1) is 44.5. The number of benzene rings is 2. The van der Waals surface area contributed by atoms with Gasteiger partial charge in [-0.1, -0.05) is 76.6 Å². The molecule has 524 valence electrons. The third-order valence-corrected chi connectivity index (χ3v) is 15.3. The molecule has 1 fully saturated rings. The fraction of sp³-hybridized carbons (Fsp3) is 0.542. The van der Waals surface area contributed by atoms with Crippen LogP contribution in [-0.2, 0) is 95.2 Å². The Balaban J connectivity index is 1.96. The fourth-order valence-corrected chi connectivity index (χ4v) is 10.1. The van der Waals surface area contributed by atoms with Crippen molar-refractivity contribution in [2.45, 2.75) is 184 Å². The van der Waals surface area contributed by atoms with E-state index < -0.39 is 230 Å². The van der Waals surface area contributed by atoms with Crippen LogP contribution in [0.15, 0.2) is 54.6 Å². The predicted molar refractivity (Wildman–Crippen MR) is 328 cm³/mol. The summed E-state index contributed by atoms with van der Waals surface area (Å²) in [5.41, 5.74) is 12.0. The van der Waals surface area contributed by atoms with Crippen molar-refractivity contribution < 1.29 is 115 Å². The zero-order valence-electron chi connectivity index (χ0n) is 52.5. The largest absolute Gasteiger partial charge is 0.481 e. The summed E-state index contributed by atoms with van der Waals surface area (Å²) >= 11 is 0. The Hall–Kier alpha value is -9.84. The van der Waals surface area contributed by atoms with Crippen molar-refractivity contribution in [2.75, 3.05) is 6.54 Å². The number of aliphatic carboxylic acids is 5. The van der Waals surface area contributed by atoms with Gasteiger partial charge in [-0.2, -0.15) is 8.42 Å². The van der Waals surface area contributed by atoms with Crippen LogP contribution in [0, 0.1) is 11.8 Å². The molecule has 1 aliphatic rings. The average molecular weight is 1360 g/mol. The molecule has 1 saturated heterocycles. The average Bonchev–Trinajstić information content (AvgIpc) is 1.78. The summed E-state index contributed by atoms with van der Waals surface area (Å²) in [4.78, 5) is 199. The number of rotatable bonds is 42. The number of carbonyl (C=O) groups excluding carboxylic acids is 10. The molecule has 0 bridgehead atoms. The summed E-state index contributed by atoms with van der Waals surface area (Å²) in [5, 5.41) is 66.9. The normalized spacial score (nSPS) is 16.0. The van der Waals surface area contributed by atoms with Gasteiger partial charge >= 0.3 is 40.2 Å². The molecule has 0 radical (unpaired) electrons. The standard InChI is InChI=1S/C59H83N11O24S/c1-5-31(4)49(69-55(86)39(20-24-47(77)78)63-52(83)36(17-21-44(71)72)64-56(87)41(27-32-10-7-6-8-11-32)67-51(82)35(60)29-48(79)80)59(90)70-25-9-12-43(70)58(89)65-38(19-23-46(75)76)53(84)62-37(18-22-45(73)74)54(85)68-42(57(88)66-40(50(61)81)26-30(2)3)28-33-13-15-34(16-14-33)94-95(91,92)93/h6-8,10-11,13-16,30-31,35-43,49H,5,9,12,17-29,60H2,1-4H3,(H2,61,81)(H,62,84)(H,63,83)(H,64,87)(H,65,89)(H,66,88)(H,67,82)(H,68,85)(H,69,86)(H,71,72)(H,73,74)(H,75,76)(H,77,78)(H,79,80)(H,91,92,93)/t31-,35-,36-,37-,38-,39-,40-,41-,42-,43+,49-/m0/s1. The van der Waals surface area contributed by atoms with Crippen molar-refractivity contribution in [3.8, 4) is 5.75 Å². The number of primary amides is 1. The highest BCUT2D eigenvalue weighted by Crippen LogP contribution is 2.23. The second kappa shape index (κ2) is 38.4. The summed E-state index contributed by atoms with van der Waals surface area (Å²) in [6.07, 6.45) is -7.05. The maximum Gasteiger partial charge on any atom is 0.446 e. The molecule has 95 heavy (non-hydrogen) atoms. The number of nitrogens with two attached hydrogens (primary N) is 2. The van der Waals surface area contributed by atoms with E-state index in [2.05, 4.69) is 46.7 Å². The second-order valence-electron chi connectivity index (χ2n) is 23.0. The van der Waals surface area contributed by atoms with Crippen LogP contribution in [-0.4, -0.2) is 199 Å². The number of amides is 10. The van der Waals surface area contributed by atoms with Crippen LogP contribution in [0.25, 0.3) is 0 Å². The molecule has 0 unspecified atom stereocenters. The maximum absolute atomic E-state index is 14.7. The topological polar surface area (TPSA) is 572 Å². The van der Waals surface area contributed by atoms with E-state index in [-0.39, 0.29) is 55.9 Å². The number of carboxylic acids is 5. The monoisotopic (exact) mass is 1360 g/mol. The Morgan fingerprint density at radius 2 is 0.926 bits per heavy atom. The number of hydrogen-bond donors (Lipinski definition) is 16. The fourth-order valence-electron chi connectivity index (χ4n) is 9.78. The zero-order valence-corrected chi connectivity index (χ0v) is 53.3. The Bertz CT molecular complexity index is 3210. The third-order valence-electron chi connectivity index (χ3n) is 14.9. The Morgan fingerprint density at radius 1 is 0.537 bits per heavy atom. The molecular formula is C59H83N11O24S. The van der Waals surface area contributed by atoms with E-state index >= 15 is 0 Å². The molecule has 11 atom stereocenters. The molecule has 2 aromatic carbocycles. The number of likely N-dealkylation sites (tertiary alicyclic amines) is 1. The van der Waals surface area contributed by atoms with Crippen LogP contribution >= 0.6 is 0 Å². The van der Waals surface area contributed by atoms with Crippen molar-refractivity contribution in [2.24, 2.45) is 23.3 Å². The first kappa shape index (κ1) is 79.4. The van der Waals surface area contributed by atoms with Crippen molar-refractivity contribution in [3.63, 3.8) is 0 Å². The predicted octanol–water partition coefficient (Wildman–Crippen LogP) is -2.64. The van der Waals surface area contributed by atoms with Gasteiger partial charge < -0.3 is 88.6 Å². The molecule has 1 aliphatic heterocycles. The third kappa shape index (κ3) is 28.5. The lowest BCUT2D eigenvalue weighted by molar-refractivity contribution is -0.144. The van der Waals surface area contributed by atoms with E-state index in [1.165, 1.54) is 19.1 Å². The first-order valence-corrected chi connectivity index (χ1v) is 31.5. The number of carboxylic acid groups (broad SMARTS) is 5. The molecule has 0 aromatic heterocycles. The van der Waals surface area contributed by atoms with Gasteiger partial charge in [-0.15, -0.1) is 0 Å². The lowest BCUT2D eigenvalue weighted by Crippen LogP contribution is -2.61. The lowest BCUT2D eigenvalue weighted by atomic mass is 9.96. The van der Waals surface area contributed by atoms with Crippen LogP contribution in [0.4, 0.5) is 0 Å². The zero-order chi connectivity index (χ0) is 71.4. The van der Waals surface area contributed by atoms with E-state index in [4.69, 9.17) is 16.0 Å². The van der Waals surface area contributed by atoms with Gasteiger partial charge in [0.15, 0.2) is 0 Å². The summed E-state index contributed by atoms with van der Waals surface area (Å²) in [6, 6.07) is -3.77. The van der Waals surface area contributed by atoms with Gasteiger partial charge in [0.25, 0.3) is 0 Å². The Morgan fingerprint density at radius 3 is 1.33 bits per heavy atom. The smallest absolute Gasteiger partial charge is 0.446 e. The van der Waals surface area contributed by atoms with Gasteiger partial charge in [0.1, 0.15) is 60.1 Å². The highest BCUT2D eigenvalue weighted by atomic mass is 32.3. The molecule has 0 spiro atoms. The molecule has 1 heterocycles. The molecule has 10 amide bonds. The van der Waals surface area contributed by atoms with Crippen molar-refractivity contribution in [1.29, 1.82) is 0 Å². The van der Waals surface area contributed by atoms with Gasteiger partial charge in [-0.3, -0.25) is 76.5 Å². The number of hydrogen-bond acceptors (Lipinski definition) is 19. The van der Waals surface area contributed by atoms with Gasteiger partial charge in [0.05, 0.1) is 12.5 Å². The number of nitrogens with one attached hydrogen (secondary N) is 8. The summed E-state index contributed by atoms with van der Waals surface area (Å²) in [6.45, 7) is 6.44. The maximum atomic E-state index is 14.7. The summed E-state index contributed by atoms with van der Waals surface area (Å²) in [7, 11) is -4.95. The van der Waals surface area contributed by atoms with Gasteiger partial charge in [-0.25, -0.2) is 0 Å². The van der Waals surface area contributed by atoms with E-state index in [0.717, 1.165) is 17.0 Å². The van der Waals surface area contributed by atoms with E-state index in [0.29, 0.717) is 5.56 Å². The first-order valence-electron chi connectivity index (χ1n) is 30.2. The molecule has 0 saturated carbocycles. The SMILES string of the molecule is CC[C@H](C)[C@H](NC(=O)[C@H](CCC(=O)O)NC(=O)[C@H](CCC(=O)O)NC(=O)[C@H](Cc1ccccc1)NC(=O)[C@@H](N)CC(=O)O)C(=O)N1CCC[C@@H]1C(=O)N[C@@H](CCC(=O)O)C(=O)N[C@@H](CCC(=O)O)C(=O)N[C@@H](Cc1ccc(OS(=O)(=O)O)cc1)C(=O)N[C@@H](CC(C)C)C(N)=O. The minimum atomic E-state index is -4.95. The van der Waals surface area contributed by atoms with Crippen molar-refractivity contribution >= 4 is 99.3 Å². The highest BCUT2D eigenvalue weighted by Gasteiger charge is 2.42. The molecule has 3 rings (SSSR count). The van der Waals surface area contributed by atoms with Crippen molar-refractivity contribution in [3.05, 3.63) is 65.7 Å². The number of carbonyl (C=O) groups is 15. The summed E-state index contributed by atoms with van der Waals surface area (Å²) < 4.78 is 36.1. The van der Waals surface area contributed by atoms with Crippen LogP contribution < -0.4 is 58.2 Å². The minimum Gasteiger partial charge on any atom is -0.481 e. The Labute approximate surface area is 545 Å². The molecule has 36 heteroatoms. The van der Waals surface area contributed by atoms with Crippen LogP contribution in [0.1, 0.15) is 122 Å². The van der Waals surface area contributed by atoms with Crippen molar-refractivity contribution in [1.82, 2.24) is 47.4 Å². The summed E-state index contributed by atoms with van der Waals surface area (Å²) in [5.74, 6) is -19.5. The molecule has 18 N–H and O–H groups in total. The minimum absolute atomic E-state index is 0.0395. The number of nitrogens with zero attached hydrogens (tertiary/aromatic N) is 1. The Kier molecular flexibility index (Phi) is 32.1. The van der Waals surface area contributed by atoms with Gasteiger partial charge in [0, 0.05) is 45.1 Å². The second-order valence-corrected chi connectivity index (χ2v) is 24.0. The van der Waals surface area contributed by atoms with Crippen LogP contribution in [0.2, 0.25) is 0 Å². The molecular weight excluding hydrogens is 1280 g/mol. The molecule has 2 aromatic rings. The van der Waals surface area contributed by atoms with Gasteiger partial charge in [-0.05, 0) is 80.0 Å². The molecule has 0 aliphatic carbocycles. The van der Waals surface area contributed by atoms with E-state index in [9.17, 15) is 106 Å². The van der Waals surface area contributed by atoms with Crippen LogP contribution in [0.3, 0.4) is 0 Å². The van der Waals surface area contributed by atoms with Gasteiger partial charge in [0.2, 0.25) is 59.1 Å². The molecule has 35 nitrogen and oxygen atoms in total.